The molecule has 2 N–H and O–H groups in total. The second kappa shape index (κ2) is 7.20. The van der Waals surface area contributed by atoms with Gasteiger partial charge in [-0.25, -0.2) is 0 Å². The van der Waals surface area contributed by atoms with Gasteiger partial charge < -0.3 is 5.32 Å². The smallest absolute Gasteiger partial charge is 0.229 e. The molecule has 1 aliphatic rings. The lowest BCUT2D eigenvalue weighted by molar-refractivity contribution is -0.123. The van der Waals surface area contributed by atoms with Gasteiger partial charge >= 0.3 is 0 Å². The molecule has 0 radical (unpaired) electrons. The van der Waals surface area contributed by atoms with Crippen molar-refractivity contribution < 1.29 is 4.79 Å². The summed E-state index contributed by atoms with van der Waals surface area (Å²) in [6.07, 6.45) is 4.79. The zero-order valence-corrected chi connectivity index (χ0v) is 14.8. The quantitative estimate of drug-likeness (QED) is 0.882. The van der Waals surface area contributed by atoms with Crippen molar-refractivity contribution in [2.75, 3.05) is 0 Å². The molecule has 3 rings (SSSR count). The van der Waals surface area contributed by atoms with Gasteiger partial charge in [0.25, 0.3) is 0 Å². The number of amides is 1. The second-order valence-electron chi connectivity index (χ2n) is 7.49. The van der Waals surface area contributed by atoms with Gasteiger partial charge in [0.15, 0.2) is 0 Å². The van der Waals surface area contributed by atoms with Crippen LogP contribution in [0.5, 0.6) is 0 Å². The molecule has 1 aliphatic carbocycles. The molecule has 2 aromatic rings. The van der Waals surface area contributed by atoms with Crippen LogP contribution in [0.15, 0.2) is 30.5 Å². The maximum atomic E-state index is 12.8. The molecule has 0 aliphatic heterocycles. The van der Waals surface area contributed by atoms with Gasteiger partial charge in [0, 0.05) is 6.54 Å². The normalized spacial score (nSPS) is 20.0. The van der Waals surface area contributed by atoms with Crippen LogP contribution in [0.25, 0.3) is 0 Å². The Kier molecular flexibility index (Phi) is 5.03. The number of hydrogen-bond acceptors (Lipinski definition) is 2. The van der Waals surface area contributed by atoms with E-state index in [1.165, 1.54) is 16.7 Å². The number of nitrogens with zero attached hydrogens (tertiary/aromatic N) is 1. The molecule has 4 heteroatoms. The minimum absolute atomic E-state index is 0.103. The number of aromatic amines is 1. The average molecular weight is 325 g/mol. The summed E-state index contributed by atoms with van der Waals surface area (Å²) in [7, 11) is 0. The van der Waals surface area contributed by atoms with Crippen molar-refractivity contribution in [3.63, 3.8) is 0 Å². The van der Waals surface area contributed by atoms with Gasteiger partial charge in [-0.3, -0.25) is 9.89 Å². The number of hydrogen-bond donors (Lipinski definition) is 2. The maximum Gasteiger partial charge on any atom is 0.229 e. The molecule has 128 valence electrons. The number of rotatable bonds is 5. The summed E-state index contributed by atoms with van der Waals surface area (Å²) in [5.74, 6) is 1.11. The Balaban J connectivity index is 1.69. The van der Waals surface area contributed by atoms with Crippen LogP contribution in [0, 0.1) is 11.8 Å². The maximum absolute atomic E-state index is 12.8. The number of benzene rings is 1. The third-order valence-corrected chi connectivity index (χ3v) is 4.82. The van der Waals surface area contributed by atoms with Crippen LogP contribution in [-0.2, 0) is 24.2 Å². The van der Waals surface area contributed by atoms with E-state index in [9.17, 15) is 4.79 Å². The third kappa shape index (κ3) is 3.69. The van der Waals surface area contributed by atoms with E-state index in [1.54, 1.807) is 0 Å². The Morgan fingerprint density at radius 3 is 2.83 bits per heavy atom. The number of fused-ring (bicyclic) bond motifs is 1. The summed E-state index contributed by atoms with van der Waals surface area (Å²) in [6.45, 7) is 7.24. The van der Waals surface area contributed by atoms with E-state index in [2.05, 4.69) is 54.5 Å². The highest BCUT2D eigenvalue weighted by atomic mass is 16.1. The van der Waals surface area contributed by atoms with Crippen molar-refractivity contribution in [2.45, 2.75) is 52.5 Å². The minimum Gasteiger partial charge on any atom is -0.351 e. The molecule has 4 nitrogen and oxygen atoms in total. The Morgan fingerprint density at radius 2 is 2.08 bits per heavy atom. The minimum atomic E-state index is -0.108. The molecule has 2 unspecified atom stereocenters. The van der Waals surface area contributed by atoms with Crippen LogP contribution < -0.4 is 5.32 Å². The van der Waals surface area contributed by atoms with Gasteiger partial charge in [-0.2, -0.15) is 5.10 Å². The first kappa shape index (κ1) is 16.7. The van der Waals surface area contributed by atoms with E-state index < -0.39 is 0 Å². The topological polar surface area (TPSA) is 57.8 Å². The fraction of sp³-hybridized carbons (Fsp3) is 0.500. The lowest BCUT2D eigenvalue weighted by atomic mass is 9.81. The van der Waals surface area contributed by atoms with Crippen LogP contribution >= 0.6 is 0 Å². The average Bonchev–Trinajstić information content (AvgIpc) is 3.00. The molecule has 1 amide bonds. The molecular formula is C20H27N3O. The van der Waals surface area contributed by atoms with Gasteiger partial charge in [0.2, 0.25) is 5.91 Å². The summed E-state index contributed by atoms with van der Waals surface area (Å²) >= 11 is 0. The van der Waals surface area contributed by atoms with Gasteiger partial charge in [0.1, 0.15) is 0 Å². The Bertz CT molecular complexity index is 704. The van der Waals surface area contributed by atoms with Gasteiger partial charge in [-0.1, -0.05) is 45.0 Å². The highest BCUT2D eigenvalue weighted by Crippen LogP contribution is 2.33. The molecule has 0 saturated carbocycles. The first-order chi connectivity index (χ1) is 11.5. The van der Waals surface area contributed by atoms with Crippen molar-refractivity contribution in [3.05, 3.63) is 52.8 Å². The lowest BCUT2D eigenvalue weighted by Crippen LogP contribution is -2.33. The monoisotopic (exact) mass is 325 g/mol. The highest BCUT2D eigenvalue weighted by molar-refractivity contribution is 5.83. The van der Waals surface area contributed by atoms with Crippen molar-refractivity contribution in [1.29, 1.82) is 0 Å². The number of aromatic nitrogens is 2. The summed E-state index contributed by atoms with van der Waals surface area (Å²) in [6, 6.07) is 8.39. The lowest BCUT2D eigenvalue weighted by Gasteiger charge is -2.26. The first-order valence-corrected chi connectivity index (χ1v) is 8.91. The molecule has 1 heterocycles. The van der Waals surface area contributed by atoms with Crippen LogP contribution in [0.3, 0.4) is 0 Å². The molecule has 0 saturated heterocycles. The molecule has 0 fully saturated rings. The van der Waals surface area contributed by atoms with E-state index in [4.69, 9.17) is 0 Å². The van der Waals surface area contributed by atoms with Crippen molar-refractivity contribution in [3.8, 4) is 0 Å². The molecule has 2 atom stereocenters. The SMILES string of the molecule is CC(C)Cc1ccccc1CNC(=O)C1CC(C)Cc2cn[nH]c21. The number of carbonyl (C=O) groups is 1. The predicted octanol–water partition coefficient (Wildman–Crippen LogP) is 3.59. The van der Waals surface area contributed by atoms with Crippen LogP contribution in [0.4, 0.5) is 0 Å². The summed E-state index contributed by atoms with van der Waals surface area (Å²) in [4.78, 5) is 12.8. The number of H-pyrrole nitrogens is 1. The van der Waals surface area contributed by atoms with Crippen molar-refractivity contribution in [1.82, 2.24) is 15.5 Å². The largest absolute Gasteiger partial charge is 0.351 e. The Morgan fingerprint density at radius 1 is 1.33 bits per heavy atom. The molecule has 1 aromatic carbocycles. The first-order valence-electron chi connectivity index (χ1n) is 8.91. The van der Waals surface area contributed by atoms with Gasteiger partial charge in [0.05, 0.1) is 17.8 Å². The van der Waals surface area contributed by atoms with Gasteiger partial charge in [-0.15, -0.1) is 0 Å². The summed E-state index contributed by atoms with van der Waals surface area (Å²) in [5, 5.41) is 10.3. The third-order valence-electron chi connectivity index (χ3n) is 4.82. The predicted molar refractivity (Wildman–Crippen MR) is 95.6 cm³/mol. The van der Waals surface area contributed by atoms with E-state index in [0.29, 0.717) is 18.4 Å². The zero-order chi connectivity index (χ0) is 17.1. The fourth-order valence-electron chi connectivity index (χ4n) is 3.68. The molecule has 24 heavy (non-hydrogen) atoms. The van der Waals surface area contributed by atoms with Crippen LogP contribution in [-0.4, -0.2) is 16.1 Å². The van der Waals surface area contributed by atoms with E-state index in [-0.39, 0.29) is 11.8 Å². The van der Waals surface area contributed by atoms with Crippen LogP contribution in [0.1, 0.15) is 55.5 Å². The number of carbonyl (C=O) groups excluding carboxylic acids is 1. The fourth-order valence-corrected chi connectivity index (χ4v) is 3.68. The Labute approximate surface area is 144 Å². The summed E-state index contributed by atoms with van der Waals surface area (Å²) < 4.78 is 0. The van der Waals surface area contributed by atoms with E-state index in [1.807, 2.05) is 12.3 Å². The summed E-state index contributed by atoms with van der Waals surface area (Å²) in [5.41, 5.74) is 4.73. The second-order valence-corrected chi connectivity index (χ2v) is 7.49. The molecule has 0 bridgehead atoms. The van der Waals surface area contributed by atoms with Crippen molar-refractivity contribution >= 4 is 5.91 Å². The number of nitrogens with one attached hydrogen (secondary N) is 2. The molecule has 0 spiro atoms. The van der Waals surface area contributed by atoms with Crippen molar-refractivity contribution in [2.24, 2.45) is 11.8 Å². The Hall–Kier alpha value is -2.10. The molecular weight excluding hydrogens is 298 g/mol. The molecule has 1 aromatic heterocycles. The van der Waals surface area contributed by atoms with Gasteiger partial charge in [-0.05, 0) is 47.8 Å². The van der Waals surface area contributed by atoms with E-state index in [0.717, 1.165) is 25.0 Å². The van der Waals surface area contributed by atoms with E-state index >= 15 is 0 Å². The van der Waals surface area contributed by atoms with Crippen LogP contribution in [0.2, 0.25) is 0 Å². The zero-order valence-electron chi connectivity index (χ0n) is 14.8. The standard InChI is InChI=1S/C20H27N3O/c1-13(2)8-15-6-4-5-7-16(15)11-21-20(24)18-10-14(3)9-17-12-22-23-19(17)18/h4-7,12-14,18H,8-11H2,1-3H3,(H,21,24)(H,22,23). The highest BCUT2D eigenvalue weighted by Gasteiger charge is 2.31.